The number of aryl methyl sites for hydroxylation is 1. The molecule has 4 N–H and O–H groups in total. The Morgan fingerprint density at radius 3 is 2.60 bits per heavy atom. The molecule has 0 fully saturated rings. The van der Waals surface area contributed by atoms with E-state index in [-0.39, 0.29) is 0 Å². The summed E-state index contributed by atoms with van der Waals surface area (Å²) in [5.74, 6) is 6.08. The van der Waals surface area contributed by atoms with E-state index in [9.17, 15) is 0 Å². The van der Waals surface area contributed by atoms with Crippen molar-refractivity contribution in [2.45, 2.75) is 13.8 Å². The van der Waals surface area contributed by atoms with E-state index in [1.165, 1.54) is 22.1 Å². The lowest BCUT2D eigenvalue weighted by molar-refractivity contribution is 1.01. The second-order valence-electron chi connectivity index (χ2n) is 3.63. The number of imidazole rings is 1. The number of benzene rings is 1. The van der Waals surface area contributed by atoms with Gasteiger partial charge in [0.05, 0.1) is 0 Å². The van der Waals surface area contributed by atoms with Crippen LogP contribution in [0.4, 0.5) is 5.82 Å². The molecular weight excluding hydrogens is 188 g/mol. The van der Waals surface area contributed by atoms with Gasteiger partial charge in [-0.1, -0.05) is 18.2 Å². The third-order valence-electron chi connectivity index (χ3n) is 2.69. The Kier molecular flexibility index (Phi) is 2.11. The van der Waals surface area contributed by atoms with Crippen LogP contribution >= 0.6 is 0 Å². The maximum absolute atomic E-state index is 5.83. The first-order chi connectivity index (χ1) is 7.11. The topological polar surface area (TPSA) is 69.9 Å². The van der Waals surface area contributed by atoms with Crippen molar-refractivity contribution in [2.75, 3.05) is 11.6 Å². The molecule has 0 radical (unpaired) electrons. The van der Waals surface area contributed by atoms with Gasteiger partial charge in [-0.05, 0) is 25.0 Å². The number of anilines is 1. The molecule has 1 heterocycles. The van der Waals surface area contributed by atoms with E-state index in [0.717, 1.165) is 11.3 Å². The molecule has 4 heteroatoms. The molecule has 15 heavy (non-hydrogen) atoms. The molecule has 0 unspecified atom stereocenters. The summed E-state index contributed by atoms with van der Waals surface area (Å²) in [4.78, 5) is 4.20. The highest BCUT2D eigenvalue weighted by molar-refractivity contribution is 5.73. The minimum atomic E-state index is 0.490. The van der Waals surface area contributed by atoms with Crippen molar-refractivity contribution in [3.8, 4) is 11.3 Å². The Labute approximate surface area is 88.5 Å². The summed E-state index contributed by atoms with van der Waals surface area (Å²) in [5, 5.41) is 0. The first-order valence-electron chi connectivity index (χ1n) is 4.75. The molecule has 0 aliphatic carbocycles. The lowest BCUT2D eigenvalue weighted by Crippen LogP contribution is -2.10. The molecule has 0 spiro atoms. The number of nitrogens with zero attached hydrogens (tertiary/aromatic N) is 2. The molecule has 0 amide bonds. The van der Waals surface area contributed by atoms with Crippen molar-refractivity contribution in [2.24, 2.45) is 0 Å². The maximum Gasteiger partial charge on any atom is 0.150 e. The van der Waals surface area contributed by atoms with Crippen LogP contribution in [0.3, 0.4) is 0 Å². The summed E-state index contributed by atoms with van der Waals surface area (Å²) in [6.07, 6.45) is 1.52. The second-order valence-corrected chi connectivity index (χ2v) is 3.63. The molecule has 1 aromatic carbocycles. The number of rotatable bonds is 1. The molecule has 78 valence electrons. The largest absolute Gasteiger partial charge is 0.382 e. The number of hydrogen-bond acceptors (Lipinski definition) is 3. The standard InChI is InChI=1S/C11H14N4/c1-7-4-3-5-9(8(7)2)10-11(12)15(13)6-14-10/h3-6H,12-13H2,1-2H3. The summed E-state index contributed by atoms with van der Waals surface area (Å²) in [6, 6.07) is 6.06. The molecule has 0 atom stereocenters. The monoisotopic (exact) mass is 202 g/mol. The van der Waals surface area contributed by atoms with E-state index in [1.807, 2.05) is 12.1 Å². The van der Waals surface area contributed by atoms with Gasteiger partial charge in [0.15, 0.2) is 5.82 Å². The van der Waals surface area contributed by atoms with Crippen molar-refractivity contribution in [1.29, 1.82) is 0 Å². The summed E-state index contributed by atoms with van der Waals surface area (Å²) >= 11 is 0. The maximum atomic E-state index is 5.83. The zero-order valence-corrected chi connectivity index (χ0v) is 8.86. The van der Waals surface area contributed by atoms with Crippen molar-refractivity contribution in [3.63, 3.8) is 0 Å². The molecule has 4 nitrogen and oxygen atoms in total. The molecule has 0 aliphatic heterocycles. The molecule has 0 bridgehead atoms. The van der Waals surface area contributed by atoms with Crippen LogP contribution in [0, 0.1) is 13.8 Å². The summed E-state index contributed by atoms with van der Waals surface area (Å²) in [5.41, 5.74) is 10.0. The molecule has 2 aromatic rings. The van der Waals surface area contributed by atoms with Gasteiger partial charge >= 0.3 is 0 Å². The molecule has 2 rings (SSSR count). The number of nitrogen functional groups attached to an aromatic ring is 2. The minimum absolute atomic E-state index is 0.490. The van der Waals surface area contributed by atoms with E-state index in [0.29, 0.717) is 5.82 Å². The fourth-order valence-corrected chi connectivity index (χ4v) is 1.59. The van der Waals surface area contributed by atoms with E-state index in [2.05, 4.69) is 24.9 Å². The number of hydrogen-bond donors (Lipinski definition) is 2. The SMILES string of the molecule is Cc1cccc(-c2ncn(N)c2N)c1C. The minimum Gasteiger partial charge on any atom is -0.382 e. The normalized spacial score (nSPS) is 10.5. The Balaban J connectivity index is 2.64. The lowest BCUT2D eigenvalue weighted by Gasteiger charge is -2.06. The third-order valence-corrected chi connectivity index (χ3v) is 2.69. The van der Waals surface area contributed by atoms with Crippen LogP contribution in [0.1, 0.15) is 11.1 Å². The molecule has 0 saturated carbocycles. The lowest BCUT2D eigenvalue weighted by atomic mass is 10.0. The van der Waals surface area contributed by atoms with Gasteiger partial charge < -0.3 is 11.6 Å². The van der Waals surface area contributed by atoms with Crippen LogP contribution in [-0.2, 0) is 0 Å². The van der Waals surface area contributed by atoms with E-state index in [1.54, 1.807) is 0 Å². The van der Waals surface area contributed by atoms with Crippen LogP contribution in [0.25, 0.3) is 11.3 Å². The van der Waals surface area contributed by atoms with E-state index in [4.69, 9.17) is 11.6 Å². The third kappa shape index (κ3) is 1.44. The van der Waals surface area contributed by atoms with Crippen molar-refractivity contribution >= 4 is 5.82 Å². The molecule has 0 saturated heterocycles. The van der Waals surface area contributed by atoms with Crippen molar-refractivity contribution in [3.05, 3.63) is 35.7 Å². The van der Waals surface area contributed by atoms with Crippen molar-refractivity contribution in [1.82, 2.24) is 9.66 Å². The van der Waals surface area contributed by atoms with Gasteiger partial charge in [0.2, 0.25) is 0 Å². The second kappa shape index (κ2) is 3.31. The first kappa shape index (κ1) is 9.58. The quantitative estimate of drug-likeness (QED) is 0.688. The van der Waals surface area contributed by atoms with Gasteiger partial charge in [-0.2, -0.15) is 0 Å². The van der Waals surface area contributed by atoms with Gasteiger partial charge in [0.25, 0.3) is 0 Å². The zero-order chi connectivity index (χ0) is 11.0. The van der Waals surface area contributed by atoms with Crippen LogP contribution in [-0.4, -0.2) is 9.66 Å². The fourth-order valence-electron chi connectivity index (χ4n) is 1.59. The number of nitrogens with two attached hydrogens (primary N) is 2. The van der Waals surface area contributed by atoms with Gasteiger partial charge in [-0.3, -0.25) is 0 Å². The van der Waals surface area contributed by atoms with Crippen LogP contribution in [0.15, 0.2) is 24.5 Å². The highest BCUT2D eigenvalue weighted by Crippen LogP contribution is 2.27. The molecule has 0 aliphatic rings. The average molecular weight is 202 g/mol. The Bertz CT molecular complexity index is 499. The number of aromatic nitrogens is 2. The Morgan fingerprint density at radius 1 is 1.27 bits per heavy atom. The van der Waals surface area contributed by atoms with Gasteiger partial charge in [0, 0.05) is 5.56 Å². The van der Waals surface area contributed by atoms with E-state index >= 15 is 0 Å². The highest BCUT2D eigenvalue weighted by atomic mass is 15.3. The summed E-state index contributed by atoms with van der Waals surface area (Å²) < 4.78 is 1.33. The summed E-state index contributed by atoms with van der Waals surface area (Å²) in [7, 11) is 0. The Morgan fingerprint density at radius 2 is 2.00 bits per heavy atom. The highest BCUT2D eigenvalue weighted by Gasteiger charge is 2.11. The Hall–Kier alpha value is -1.97. The molecular formula is C11H14N4. The smallest absolute Gasteiger partial charge is 0.150 e. The van der Waals surface area contributed by atoms with Crippen LogP contribution in [0.2, 0.25) is 0 Å². The van der Waals surface area contributed by atoms with Gasteiger partial charge in [0.1, 0.15) is 12.0 Å². The molecule has 1 aromatic heterocycles. The summed E-state index contributed by atoms with van der Waals surface area (Å²) in [6.45, 7) is 4.12. The van der Waals surface area contributed by atoms with Crippen LogP contribution < -0.4 is 11.6 Å². The van der Waals surface area contributed by atoms with Gasteiger partial charge in [-0.15, -0.1) is 0 Å². The predicted molar refractivity (Wildman–Crippen MR) is 61.7 cm³/mol. The fraction of sp³-hybridized carbons (Fsp3) is 0.182. The zero-order valence-electron chi connectivity index (χ0n) is 8.86. The average Bonchev–Trinajstić information content (AvgIpc) is 2.53. The van der Waals surface area contributed by atoms with Crippen LogP contribution in [0.5, 0.6) is 0 Å². The van der Waals surface area contributed by atoms with E-state index < -0.39 is 0 Å². The predicted octanol–water partition coefficient (Wildman–Crippen LogP) is 1.46. The van der Waals surface area contributed by atoms with Gasteiger partial charge in [-0.25, -0.2) is 9.66 Å². The first-order valence-corrected chi connectivity index (χ1v) is 4.75. The van der Waals surface area contributed by atoms with Crippen molar-refractivity contribution < 1.29 is 0 Å².